The molecule has 1 fully saturated rings. The van der Waals surface area contributed by atoms with Crippen LogP contribution in [0.5, 0.6) is 0 Å². The van der Waals surface area contributed by atoms with Crippen molar-refractivity contribution >= 4 is 11.6 Å². The van der Waals surface area contributed by atoms with Gasteiger partial charge in [0.25, 0.3) is 0 Å². The van der Waals surface area contributed by atoms with Crippen molar-refractivity contribution in [2.24, 2.45) is 0 Å². The quantitative estimate of drug-likeness (QED) is 0.707. The van der Waals surface area contributed by atoms with E-state index < -0.39 is 0 Å². The number of hydrogen-bond acceptors (Lipinski definition) is 3. The molecule has 0 saturated heterocycles. The van der Waals surface area contributed by atoms with E-state index in [0.29, 0.717) is 17.1 Å². The van der Waals surface area contributed by atoms with Crippen molar-refractivity contribution in [1.82, 2.24) is 9.97 Å². The van der Waals surface area contributed by atoms with E-state index in [2.05, 4.69) is 27.0 Å². The van der Waals surface area contributed by atoms with E-state index in [1.807, 2.05) is 18.2 Å². The van der Waals surface area contributed by atoms with Crippen LogP contribution in [0.15, 0.2) is 54.9 Å². The molecule has 1 radical (unpaired) electrons. The van der Waals surface area contributed by atoms with Crippen LogP contribution in [-0.4, -0.2) is 16.5 Å². The lowest BCUT2D eigenvalue weighted by molar-refractivity contribution is 0.631. The lowest BCUT2D eigenvalue weighted by Crippen LogP contribution is -2.21. The zero-order chi connectivity index (χ0) is 16.1. The fourth-order valence-corrected chi connectivity index (χ4v) is 3.62. The van der Waals surface area contributed by atoms with Crippen molar-refractivity contribution in [1.29, 1.82) is 0 Å². The predicted octanol–water partition coefficient (Wildman–Crippen LogP) is 4.27. The summed E-state index contributed by atoms with van der Waals surface area (Å²) >= 11 is 0. The molecule has 1 aromatic heterocycles. The minimum atomic E-state index is -0.257. The summed E-state index contributed by atoms with van der Waals surface area (Å²) in [6, 6.07) is 16.0. The number of benzene rings is 2. The molecule has 1 aliphatic heterocycles. The third kappa shape index (κ3) is 1.96. The smallest absolute Gasteiger partial charge is 0.229 e. The van der Waals surface area contributed by atoms with E-state index in [1.54, 1.807) is 24.5 Å². The number of fused-ring (bicyclic) bond motifs is 2. The van der Waals surface area contributed by atoms with E-state index in [-0.39, 0.29) is 11.2 Å². The van der Waals surface area contributed by atoms with Gasteiger partial charge in [-0.25, -0.2) is 14.4 Å². The Kier molecular flexibility index (Phi) is 2.77. The highest BCUT2D eigenvalue weighted by atomic mass is 19.1. The van der Waals surface area contributed by atoms with Crippen molar-refractivity contribution in [3.8, 4) is 11.1 Å². The minimum Gasteiger partial charge on any atom is -0.309 e. The molecule has 0 atom stereocenters. The highest BCUT2D eigenvalue weighted by molar-refractivity contribution is 5.71. The summed E-state index contributed by atoms with van der Waals surface area (Å²) in [4.78, 5) is 11.2. The highest BCUT2D eigenvalue weighted by Gasteiger charge is 2.52. The van der Waals surface area contributed by atoms with Crippen LogP contribution < -0.4 is 4.90 Å². The largest absolute Gasteiger partial charge is 0.309 e. The summed E-state index contributed by atoms with van der Waals surface area (Å²) in [6.45, 7) is 0.916. The highest BCUT2D eigenvalue weighted by Crippen LogP contribution is 2.57. The van der Waals surface area contributed by atoms with Gasteiger partial charge in [0.1, 0.15) is 5.82 Å². The maximum Gasteiger partial charge on any atom is 0.229 e. The molecule has 1 spiro atoms. The molecule has 2 heterocycles. The summed E-state index contributed by atoms with van der Waals surface area (Å²) in [5.41, 5.74) is 4.02. The number of halogens is 1. The maximum absolute atomic E-state index is 13.9. The summed E-state index contributed by atoms with van der Waals surface area (Å²) in [5.74, 6) is 0.409. The van der Waals surface area contributed by atoms with Gasteiger partial charge in [-0.3, -0.25) is 0 Å². The minimum absolute atomic E-state index is 0.257. The normalized spacial score (nSPS) is 17.1. The molecule has 24 heavy (non-hydrogen) atoms. The number of nitrogens with zero attached hydrogens (tertiary/aromatic N) is 3. The molecule has 1 aliphatic carbocycles. The lowest BCUT2D eigenvalue weighted by atomic mass is 9.99. The molecule has 0 unspecified atom stereocenters. The SMILES string of the molecule is Fc1ccccc1-c1cnc(N2CC3(CC3)c3cc[c]cc32)nc1. The summed E-state index contributed by atoms with van der Waals surface area (Å²) < 4.78 is 13.9. The third-order valence-corrected chi connectivity index (χ3v) is 5.08. The van der Waals surface area contributed by atoms with Gasteiger partial charge < -0.3 is 4.90 Å². The van der Waals surface area contributed by atoms with Crippen LogP contribution in [0.25, 0.3) is 11.1 Å². The second kappa shape index (κ2) is 4.87. The molecule has 0 N–H and O–H groups in total. The first-order chi connectivity index (χ1) is 11.8. The standard InChI is InChI=1S/C20H15FN3/c21-17-7-3-1-5-15(17)14-11-22-19(23-12-14)24-13-20(9-10-20)16-6-2-4-8-18(16)24/h1-3,5-8,11-12H,9-10,13H2. The van der Waals surface area contributed by atoms with Gasteiger partial charge in [-0.2, -0.15) is 0 Å². The van der Waals surface area contributed by atoms with Crippen molar-refractivity contribution in [2.75, 3.05) is 11.4 Å². The summed E-state index contributed by atoms with van der Waals surface area (Å²) in [6.07, 6.45) is 5.83. The molecule has 3 aromatic rings. The Morgan fingerprint density at radius 3 is 2.62 bits per heavy atom. The molecule has 0 amide bonds. The Hall–Kier alpha value is -2.75. The van der Waals surface area contributed by atoms with E-state index in [9.17, 15) is 4.39 Å². The zero-order valence-corrected chi connectivity index (χ0v) is 13.0. The van der Waals surface area contributed by atoms with Crippen LogP contribution >= 0.6 is 0 Å². The summed E-state index contributed by atoms with van der Waals surface area (Å²) in [5, 5.41) is 0. The Labute approximate surface area is 139 Å². The van der Waals surface area contributed by atoms with Crippen LogP contribution in [0.1, 0.15) is 18.4 Å². The van der Waals surface area contributed by atoms with Gasteiger partial charge in [0.15, 0.2) is 0 Å². The molecule has 2 aliphatic rings. The maximum atomic E-state index is 13.9. The Morgan fingerprint density at radius 2 is 1.88 bits per heavy atom. The monoisotopic (exact) mass is 316 g/mol. The predicted molar refractivity (Wildman–Crippen MR) is 90.6 cm³/mol. The van der Waals surface area contributed by atoms with Gasteiger partial charge in [-0.1, -0.05) is 30.3 Å². The third-order valence-electron chi connectivity index (χ3n) is 5.08. The number of anilines is 2. The van der Waals surface area contributed by atoms with Gasteiger partial charge in [-0.05, 0) is 36.6 Å². The van der Waals surface area contributed by atoms with E-state index in [0.717, 1.165) is 12.2 Å². The van der Waals surface area contributed by atoms with Crippen LogP contribution in [0, 0.1) is 11.9 Å². The van der Waals surface area contributed by atoms with Gasteiger partial charge in [0.05, 0.1) is 0 Å². The number of hydrogen-bond donors (Lipinski definition) is 0. The topological polar surface area (TPSA) is 29.0 Å². The molecule has 0 bridgehead atoms. The second-order valence-electron chi connectivity index (χ2n) is 6.56. The molecular formula is C20H15FN3. The van der Waals surface area contributed by atoms with Crippen LogP contribution in [-0.2, 0) is 5.41 Å². The van der Waals surface area contributed by atoms with Gasteiger partial charge in [-0.15, -0.1) is 0 Å². The van der Waals surface area contributed by atoms with Crippen molar-refractivity contribution in [3.05, 3.63) is 72.3 Å². The molecule has 1 saturated carbocycles. The lowest BCUT2D eigenvalue weighted by Gasteiger charge is -2.17. The first kappa shape index (κ1) is 13.7. The average Bonchev–Trinajstić information content (AvgIpc) is 3.33. The van der Waals surface area contributed by atoms with Gasteiger partial charge >= 0.3 is 0 Å². The Bertz CT molecular complexity index is 916. The van der Waals surface area contributed by atoms with E-state index in [4.69, 9.17) is 0 Å². The number of rotatable bonds is 2. The molecule has 2 aromatic carbocycles. The zero-order valence-electron chi connectivity index (χ0n) is 13.0. The Balaban J connectivity index is 1.52. The van der Waals surface area contributed by atoms with Gasteiger partial charge in [0, 0.05) is 41.2 Å². The molecule has 117 valence electrons. The number of aromatic nitrogens is 2. The van der Waals surface area contributed by atoms with Gasteiger partial charge in [0.2, 0.25) is 5.95 Å². The first-order valence-corrected chi connectivity index (χ1v) is 8.12. The fraction of sp³-hybridized carbons (Fsp3) is 0.200. The second-order valence-corrected chi connectivity index (χ2v) is 6.56. The molecule has 3 nitrogen and oxygen atoms in total. The average molecular weight is 316 g/mol. The van der Waals surface area contributed by atoms with Crippen molar-refractivity contribution in [3.63, 3.8) is 0 Å². The van der Waals surface area contributed by atoms with Crippen LogP contribution in [0.2, 0.25) is 0 Å². The molecule has 5 rings (SSSR count). The van der Waals surface area contributed by atoms with Crippen molar-refractivity contribution < 1.29 is 4.39 Å². The Morgan fingerprint density at radius 1 is 1.08 bits per heavy atom. The van der Waals surface area contributed by atoms with Crippen molar-refractivity contribution in [2.45, 2.75) is 18.3 Å². The molecular weight excluding hydrogens is 301 g/mol. The first-order valence-electron chi connectivity index (χ1n) is 8.12. The molecule has 4 heteroatoms. The van der Waals surface area contributed by atoms with Crippen LogP contribution in [0.3, 0.4) is 0 Å². The van der Waals surface area contributed by atoms with E-state index in [1.165, 1.54) is 24.5 Å². The summed E-state index contributed by atoms with van der Waals surface area (Å²) in [7, 11) is 0. The fourth-order valence-electron chi connectivity index (χ4n) is 3.62. The van der Waals surface area contributed by atoms with Crippen LogP contribution in [0.4, 0.5) is 16.0 Å². The van der Waals surface area contributed by atoms with E-state index >= 15 is 0 Å².